The van der Waals surface area contributed by atoms with Crippen molar-refractivity contribution in [1.82, 2.24) is 0 Å². The quantitative estimate of drug-likeness (QED) is 0.410. The molecule has 0 saturated carbocycles. The lowest BCUT2D eigenvalue weighted by Gasteiger charge is -1.83. The van der Waals surface area contributed by atoms with Gasteiger partial charge in [-0.2, -0.15) is 0 Å². The van der Waals surface area contributed by atoms with E-state index >= 15 is 0 Å². The number of rotatable bonds is 3. The van der Waals surface area contributed by atoms with Crippen molar-refractivity contribution in [3.05, 3.63) is 6.42 Å². The Morgan fingerprint density at radius 3 is 2.40 bits per heavy atom. The zero-order chi connectivity index (χ0) is 7.66. The average Bonchev–Trinajstić information content (AvgIpc) is 1.97. The molecule has 0 saturated heterocycles. The highest BCUT2D eigenvalue weighted by molar-refractivity contribution is 5.00. The molecule has 0 fully saturated rings. The molecular formula is C10H13. The van der Waals surface area contributed by atoms with Crippen molar-refractivity contribution in [2.24, 2.45) is 0 Å². The van der Waals surface area contributed by atoms with Crippen molar-refractivity contribution >= 4 is 0 Å². The Morgan fingerprint density at radius 2 is 1.80 bits per heavy atom. The van der Waals surface area contributed by atoms with E-state index in [2.05, 4.69) is 24.7 Å². The van der Waals surface area contributed by atoms with Gasteiger partial charge in [0.15, 0.2) is 0 Å². The lowest BCUT2D eigenvalue weighted by molar-refractivity contribution is 0.827. The van der Waals surface area contributed by atoms with Gasteiger partial charge >= 0.3 is 0 Å². The molecule has 0 bridgehead atoms. The molecule has 0 N–H and O–H groups in total. The normalized spacial score (nSPS) is 7.60. The second kappa shape index (κ2) is 8.12. The van der Waals surface area contributed by atoms with Crippen LogP contribution in [0, 0.1) is 24.2 Å². The lowest BCUT2D eigenvalue weighted by atomic mass is 10.2. The molecule has 0 aromatic heterocycles. The first-order valence-electron chi connectivity index (χ1n) is 3.77. The molecule has 0 atom stereocenters. The minimum absolute atomic E-state index is 0.680. The Morgan fingerprint density at radius 1 is 1.10 bits per heavy atom. The van der Waals surface area contributed by atoms with Gasteiger partial charge < -0.3 is 0 Å². The van der Waals surface area contributed by atoms with Crippen LogP contribution in [-0.2, 0) is 0 Å². The van der Waals surface area contributed by atoms with E-state index in [0.29, 0.717) is 6.42 Å². The van der Waals surface area contributed by atoms with E-state index in [1.165, 1.54) is 12.8 Å². The SMILES string of the molecule is [C]#CCCC#CCCCC. The first kappa shape index (κ1) is 9.12. The number of unbranched alkanes of at least 4 members (excludes halogenated alkanes) is 3. The van der Waals surface area contributed by atoms with Crippen molar-refractivity contribution in [2.45, 2.75) is 39.0 Å². The van der Waals surface area contributed by atoms with Crippen LogP contribution in [0.2, 0.25) is 0 Å². The van der Waals surface area contributed by atoms with E-state index in [9.17, 15) is 0 Å². The van der Waals surface area contributed by atoms with Crippen molar-refractivity contribution in [1.29, 1.82) is 0 Å². The maximum atomic E-state index is 6.60. The summed E-state index contributed by atoms with van der Waals surface area (Å²) in [5, 5.41) is 0. The number of hydrogen-bond acceptors (Lipinski definition) is 0. The van der Waals surface area contributed by atoms with Gasteiger partial charge in [-0.05, 0) is 12.8 Å². The minimum atomic E-state index is 0.680. The fraction of sp³-hybridized carbons (Fsp3) is 0.600. The molecule has 0 aromatic carbocycles. The van der Waals surface area contributed by atoms with E-state index in [0.717, 1.165) is 12.8 Å². The molecule has 0 unspecified atom stereocenters. The summed E-state index contributed by atoms with van der Waals surface area (Å²) in [5.41, 5.74) is 0. The highest BCUT2D eigenvalue weighted by Gasteiger charge is 1.76. The summed E-state index contributed by atoms with van der Waals surface area (Å²) in [6.45, 7) is 2.16. The fourth-order valence-corrected chi connectivity index (χ4v) is 0.567. The van der Waals surface area contributed by atoms with Crippen LogP contribution in [0.5, 0.6) is 0 Å². The van der Waals surface area contributed by atoms with Crippen LogP contribution in [0.3, 0.4) is 0 Å². The molecule has 0 aliphatic heterocycles. The zero-order valence-electron chi connectivity index (χ0n) is 6.54. The fourth-order valence-electron chi connectivity index (χ4n) is 0.567. The van der Waals surface area contributed by atoms with Gasteiger partial charge in [0.05, 0.1) is 0 Å². The predicted molar refractivity (Wildman–Crippen MR) is 43.7 cm³/mol. The molecule has 0 heteroatoms. The highest BCUT2D eigenvalue weighted by atomic mass is 13.8. The predicted octanol–water partition coefficient (Wildman–Crippen LogP) is 2.55. The van der Waals surface area contributed by atoms with E-state index in [1.807, 2.05) is 0 Å². The molecule has 0 aromatic rings. The van der Waals surface area contributed by atoms with Crippen molar-refractivity contribution < 1.29 is 0 Å². The van der Waals surface area contributed by atoms with Crippen LogP contribution in [0.25, 0.3) is 0 Å². The molecule has 0 heterocycles. The summed E-state index contributed by atoms with van der Waals surface area (Å²) in [7, 11) is 0. The standard InChI is InChI=1S/C10H13/c1-3-5-7-9-10-8-6-4-2/h3,5-8H2,1H3. The lowest BCUT2D eigenvalue weighted by Crippen LogP contribution is -1.68. The molecule has 0 aliphatic rings. The Bertz CT molecular complexity index is 149. The molecule has 10 heavy (non-hydrogen) atoms. The zero-order valence-corrected chi connectivity index (χ0v) is 6.54. The van der Waals surface area contributed by atoms with Crippen LogP contribution < -0.4 is 0 Å². The summed E-state index contributed by atoms with van der Waals surface area (Å²) in [6, 6.07) is 0. The molecule has 1 radical (unpaired) electrons. The van der Waals surface area contributed by atoms with E-state index in [-0.39, 0.29) is 0 Å². The van der Waals surface area contributed by atoms with Gasteiger partial charge in [0.25, 0.3) is 0 Å². The molecule has 0 spiro atoms. The molecule has 0 nitrogen and oxygen atoms in total. The Hall–Kier alpha value is -0.880. The summed E-state index contributed by atoms with van der Waals surface area (Å²) in [5.74, 6) is 8.34. The van der Waals surface area contributed by atoms with Gasteiger partial charge in [-0.15, -0.1) is 11.8 Å². The third-order valence-electron chi connectivity index (χ3n) is 1.16. The Labute approximate surface area is 64.0 Å². The maximum Gasteiger partial charge on any atom is 0.0209 e. The molecule has 0 aliphatic carbocycles. The van der Waals surface area contributed by atoms with Gasteiger partial charge in [0.1, 0.15) is 0 Å². The summed E-state index contributed by atoms with van der Waals surface area (Å²) >= 11 is 0. The Balaban J connectivity index is 3.08. The molecular weight excluding hydrogens is 120 g/mol. The van der Waals surface area contributed by atoms with Crippen molar-refractivity contribution in [3.63, 3.8) is 0 Å². The second-order valence-electron chi connectivity index (χ2n) is 2.13. The van der Waals surface area contributed by atoms with E-state index in [4.69, 9.17) is 6.42 Å². The first-order chi connectivity index (χ1) is 4.91. The van der Waals surface area contributed by atoms with E-state index < -0.39 is 0 Å². The summed E-state index contributed by atoms with van der Waals surface area (Å²) < 4.78 is 0. The number of hydrogen-bond donors (Lipinski definition) is 0. The third kappa shape index (κ3) is 7.12. The molecule has 53 valence electrons. The largest absolute Gasteiger partial charge is 0.103 e. The van der Waals surface area contributed by atoms with Crippen LogP contribution >= 0.6 is 0 Å². The summed E-state index contributed by atoms with van der Waals surface area (Å²) in [6.07, 6.45) is 11.5. The van der Waals surface area contributed by atoms with Gasteiger partial charge in [-0.1, -0.05) is 19.3 Å². The van der Waals surface area contributed by atoms with Gasteiger partial charge in [0, 0.05) is 19.3 Å². The van der Waals surface area contributed by atoms with Crippen LogP contribution in [0.4, 0.5) is 0 Å². The van der Waals surface area contributed by atoms with Crippen LogP contribution in [0.15, 0.2) is 0 Å². The van der Waals surface area contributed by atoms with Crippen LogP contribution in [-0.4, -0.2) is 0 Å². The summed E-state index contributed by atoms with van der Waals surface area (Å²) in [4.78, 5) is 0. The smallest absolute Gasteiger partial charge is 0.0209 e. The third-order valence-corrected chi connectivity index (χ3v) is 1.16. The van der Waals surface area contributed by atoms with Gasteiger partial charge in [-0.3, -0.25) is 0 Å². The highest BCUT2D eigenvalue weighted by Crippen LogP contribution is 1.91. The molecule has 0 rings (SSSR count). The van der Waals surface area contributed by atoms with Gasteiger partial charge in [0.2, 0.25) is 0 Å². The van der Waals surface area contributed by atoms with Crippen molar-refractivity contribution in [2.75, 3.05) is 0 Å². The first-order valence-corrected chi connectivity index (χ1v) is 3.77. The van der Waals surface area contributed by atoms with Crippen LogP contribution in [0.1, 0.15) is 39.0 Å². The van der Waals surface area contributed by atoms with Crippen molar-refractivity contribution in [3.8, 4) is 17.8 Å². The second-order valence-corrected chi connectivity index (χ2v) is 2.13. The maximum absolute atomic E-state index is 6.60. The molecule has 0 amide bonds. The van der Waals surface area contributed by atoms with E-state index in [1.54, 1.807) is 0 Å². The minimum Gasteiger partial charge on any atom is -0.103 e. The van der Waals surface area contributed by atoms with Gasteiger partial charge in [-0.25, -0.2) is 0 Å². The average molecular weight is 133 g/mol. The monoisotopic (exact) mass is 133 g/mol. The topological polar surface area (TPSA) is 0 Å². The Kier molecular flexibility index (Phi) is 7.41.